The summed E-state index contributed by atoms with van der Waals surface area (Å²) in [5.74, 6) is -1.96. The van der Waals surface area contributed by atoms with Gasteiger partial charge in [-0.3, -0.25) is 19.1 Å². The maximum atomic E-state index is 11.8. The maximum Gasteiger partial charge on any atom is 0.328 e. The van der Waals surface area contributed by atoms with E-state index in [9.17, 15) is 19.2 Å². The Kier molecular flexibility index (Phi) is 5.24. The third-order valence-corrected chi connectivity index (χ3v) is 3.01. The number of carboxylic acid groups (broad SMARTS) is 1. The minimum absolute atomic E-state index is 0.233. The summed E-state index contributed by atoms with van der Waals surface area (Å²) in [4.78, 5) is 47.1. The highest BCUT2D eigenvalue weighted by Gasteiger charge is 2.25. The molecule has 0 aliphatic heterocycles. The van der Waals surface area contributed by atoms with Crippen LogP contribution in [-0.2, 0) is 16.1 Å². The second-order valence-corrected chi connectivity index (χ2v) is 4.51. The van der Waals surface area contributed by atoms with E-state index < -0.39 is 29.2 Å². The Labute approximate surface area is 114 Å². The molecule has 1 unspecified atom stereocenters. The Morgan fingerprint density at radius 3 is 2.60 bits per heavy atom. The van der Waals surface area contributed by atoms with E-state index in [2.05, 4.69) is 5.32 Å². The van der Waals surface area contributed by atoms with Crippen molar-refractivity contribution in [2.45, 2.75) is 32.9 Å². The van der Waals surface area contributed by atoms with Crippen LogP contribution in [0.25, 0.3) is 0 Å². The lowest BCUT2D eigenvalue weighted by atomic mass is 9.99. The third-order valence-electron chi connectivity index (χ3n) is 3.01. The molecule has 0 aromatic carbocycles. The molecular weight excluding hydrogens is 266 g/mol. The van der Waals surface area contributed by atoms with Crippen LogP contribution in [0.15, 0.2) is 21.9 Å². The van der Waals surface area contributed by atoms with Gasteiger partial charge >= 0.3 is 11.7 Å². The molecule has 1 amide bonds. The number of nitrogens with one attached hydrogen (secondary N) is 2. The molecule has 8 nitrogen and oxygen atoms in total. The van der Waals surface area contributed by atoms with Gasteiger partial charge in [0.25, 0.3) is 5.56 Å². The summed E-state index contributed by atoms with van der Waals surface area (Å²) in [6.45, 7) is 3.18. The quantitative estimate of drug-likeness (QED) is 0.628. The second-order valence-electron chi connectivity index (χ2n) is 4.51. The Balaban J connectivity index is 2.78. The minimum atomic E-state index is -1.12. The van der Waals surface area contributed by atoms with Gasteiger partial charge < -0.3 is 10.4 Å². The van der Waals surface area contributed by atoms with Gasteiger partial charge in [0.05, 0.1) is 0 Å². The first-order chi connectivity index (χ1) is 9.35. The number of amides is 1. The normalized spacial score (nSPS) is 13.5. The largest absolute Gasteiger partial charge is 0.480 e. The molecule has 110 valence electrons. The molecule has 0 bridgehead atoms. The van der Waals surface area contributed by atoms with Crippen molar-refractivity contribution in [3.63, 3.8) is 0 Å². The summed E-state index contributed by atoms with van der Waals surface area (Å²) in [7, 11) is 0. The molecule has 8 heteroatoms. The molecular formula is C12H17N3O5. The SMILES string of the molecule is CCC(C)[C@H](NC(=O)Cn1ccc(=O)[nH]c1=O)C(=O)O. The average Bonchev–Trinajstić information content (AvgIpc) is 2.38. The third kappa shape index (κ3) is 4.08. The highest BCUT2D eigenvalue weighted by Crippen LogP contribution is 2.07. The molecule has 0 aliphatic carbocycles. The number of carboxylic acids is 1. The lowest BCUT2D eigenvalue weighted by molar-refractivity contribution is -0.143. The zero-order valence-electron chi connectivity index (χ0n) is 11.3. The number of carbonyl (C=O) groups excluding carboxylic acids is 1. The van der Waals surface area contributed by atoms with Gasteiger partial charge in [-0.1, -0.05) is 20.3 Å². The number of hydrogen-bond donors (Lipinski definition) is 3. The minimum Gasteiger partial charge on any atom is -0.480 e. The van der Waals surface area contributed by atoms with Gasteiger partial charge in [0.2, 0.25) is 5.91 Å². The fraction of sp³-hybridized carbons (Fsp3) is 0.500. The molecule has 2 atom stereocenters. The molecule has 20 heavy (non-hydrogen) atoms. The van der Waals surface area contributed by atoms with Gasteiger partial charge in [-0.05, 0) is 5.92 Å². The van der Waals surface area contributed by atoms with Crippen LogP contribution >= 0.6 is 0 Å². The Morgan fingerprint density at radius 1 is 1.45 bits per heavy atom. The fourth-order valence-corrected chi connectivity index (χ4v) is 1.63. The van der Waals surface area contributed by atoms with E-state index in [0.717, 1.165) is 10.6 Å². The van der Waals surface area contributed by atoms with Crippen LogP contribution in [0.2, 0.25) is 0 Å². The van der Waals surface area contributed by atoms with Crippen LogP contribution in [0.5, 0.6) is 0 Å². The molecule has 3 N–H and O–H groups in total. The number of H-pyrrole nitrogens is 1. The predicted octanol–water partition coefficient (Wildman–Crippen LogP) is -0.848. The average molecular weight is 283 g/mol. The van der Waals surface area contributed by atoms with Crippen LogP contribution in [0.1, 0.15) is 20.3 Å². The van der Waals surface area contributed by atoms with Crippen LogP contribution in [0, 0.1) is 5.92 Å². The van der Waals surface area contributed by atoms with Gasteiger partial charge in [-0.2, -0.15) is 0 Å². The van der Waals surface area contributed by atoms with Crippen molar-refractivity contribution in [2.75, 3.05) is 0 Å². The molecule has 1 rings (SSSR count). The van der Waals surface area contributed by atoms with Crippen LogP contribution in [0.3, 0.4) is 0 Å². The molecule has 0 radical (unpaired) electrons. The van der Waals surface area contributed by atoms with Crippen molar-refractivity contribution in [3.05, 3.63) is 33.1 Å². The van der Waals surface area contributed by atoms with Gasteiger partial charge in [-0.25, -0.2) is 9.59 Å². The van der Waals surface area contributed by atoms with E-state index in [1.807, 2.05) is 11.9 Å². The number of aromatic amines is 1. The summed E-state index contributed by atoms with van der Waals surface area (Å²) < 4.78 is 0.992. The van der Waals surface area contributed by atoms with Gasteiger partial charge in [0, 0.05) is 12.3 Å². The molecule has 1 aromatic rings. The molecule has 0 spiro atoms. The van der Waals surface area contributed by atoms with E-state index in [1.54, 1.807) is 6.92 Å². The Bertz CT molecular complexity index is 604. The number of aromatic nitrogens is 2. The first-order valence-corrected chi connectivity index (χ1v) is 6.17. The van der Waals surface area contributed by atoms with Gasteiger partial charge in [0.15, 0.2) is 0 Å². The summed E-state index contributed by atoms with van der Waals surface area (Å²) in [6, 6.07) is 0.101. The van der Waals surface area contributed by atoms with Crippen molar-refractivity contribution in [1.29, 1.82) is 0 Å². The van der Waals surface area contributed by atoms with Crippen molar-refractivity contribution in [3.8, 4) is 0 Å². The van der Waals surface area contributed by atoms with E-state index in [-0.39, 0.29) is 12.5 Å². The number of hydrogen-bond acceptors (Lipinski definition) is 4. The fourth-order valence-electron chi connectivity index (χ4n) is 1.63. The number of carbonyl (C=O) groups is 2. The number of aliphatic carboxylic acids is 1. The summed E-state index contributed by atoms with van der Waals surface area (Å²) in [6.07, 6.45) is 1.77. The summed E-state index contributed by atoms with van der Waals surface area (Å²) >= 11 is 0. The van der Waals surface area contributed by atoms with Gasteiger partial charge in [0.1, 0.15) is 12.6 Å². The van der Waals surface area contributed by atoms with Gasteiger partial charge in [-0.15, -0.1) is 0 Å². The summed E-state index contributed by atoms with van der Waals surface area (Å²) in [5, 5.41) is 11.4. The predicted molar refractivity (Wildman–Crippen MR) is 70.3 cm³/mol. The van der Waals surface area contributed by atoms with E-state index in [0.29, 0.717) is 6.42 Å². The van der Waals surface area contributed by atoms with E-state index >= 15 is 0 Å². The van der Waals surface area contributed by atoms with Crippen molar-refractivity contribution < 1.29 is 14.7 Å². The monoisotopic (exact) mass is 283 g/mol. The molecule has 0 saturated heterocycles. The Morgan fingerprint density at radius 2 is 2.10 bits per heavy atom. The zero-order chi connectivity index (χ0) is 15.3. The number of rotatable bonds is 6. The van der Waals surface area contributed by atoms with E-state index in [1.165, 1.54) is 6.20 Å². The zero-order valence-corrected chi connectivity index (χ0v) is 11.3. The van der Waals surface area contributed by atoms with Crippen molar-refractivity contribution in [2.24, 2.45) is 5.92 Å². The first kappa shape index (κ1) is 15.7. The highest BCUT2D eigenvalue weighted by atomic mass is 16.4. The molecule has 0 saturated carbocycles. The molecule has 1 aromatic heterocycles. The maximum absolute atomic E-state index is 11.8. The topological polar surface area (TPSA) is 121 Å². The van der Waals surface area contributed by atoms with Crippen LogP contribution in [0.4, 0.5) is 0 Å². The molecule has 1 heterocycles. The Hall–Kier alpha value is -2.38. The lowest BCUT2D eigenvalue weighted by Gasteiger charge is -2.20. The first-order valence-electron chi connectivity index (χ1n) is 6.17. The van der Waals surface area contributed by atoms with E-state index in [4.69, 9.17) is 5.11 Å². The van der Waals surface area contributed by atoms with Crippen molar-refractivity contribution >= 4 is 11.9 Å². The van der Waals surface area contributed by atoms with Crippen LogP contribution in [-0.4, -0.2) is 32.6 Å². The molecule has 0 fully saturated rings. The van der Waals surface area contributed by atoms with Crippen molar-refractivity contribution in [1.82, 2.24) is 14.9 Å². The second kappa shape index (κ2) is 6.69. The lowest BCUT2D eigenvalue weighted by Crippen LogP contribution is -2.47. The summed E-state index contributed by atoms with van der Waals surface area (Å²) in [5.41, 5.74) is -1.28. The molecule has 0 aliphatic rings. The number of nitrogens with zero attached hydrogens (tertiary/aromatic N) is 1. The smallest absolute Gasteiger partial charge is 0.328 e. The van der Waals surface area contributed by atoms with Crippen LogP contribution < -0.4 is 16.6 Å². The highest BCUT2D eigenvalue weighted by molar-refractivity contribution is 5.83. The standard InChI is InChI=1S/C12H17N3O5/c1-3-7(2)10(11(18)19)13-9(17)6-15-5-4-8(16)14-12(15)20/h4-5,7,10H,3,6H2,1-2H3,(H,13,17)(H,18,19)(H,14,16,20)/t7?,10-/m0/s1.